The Morgan fingerprint density at radius 1 is 0.471 bits per heavy atom. The van der Waals surface area contributed by atoms with Crippen molar-refractivity contribution >= 4 is 62.3 Å². The van der Waals surface area contributed by atoms with Crippen LogP contribution in [-0.4, -0.2) is 113 Å². The molecule has 0 atom stereocenters. The molecule has 300 valence electrons. The molecule has 0 bridgehead atoms. The molecule has 0 aromatic heterocycles. The highest BCUT2D eigenvalue weighted by Gasteiger charge is 2.40. The Bertz CT molecular complexity index is 1020. The van der Waals surface area contributed by atoms with Gasteiger partial charge in [-0.1, -0.05) is 0 Å². The summed E-state index contributed by atoms with van der Waals surface area (Å²) in [5.74, 6) is 0.506. The third kappa shape index (κ3) is 19.1. The summed E-state index contributed by atoms with van der Waals surface area (Å²) in [6, 6.07) is 11.6. The lowest BCUT2D eigenvalue weighted by Crippen LogP contribution is -2.46. The fraction of sp³-hybridized carbons (Fsp3) is 0.818. The Balaban J connectivity index is 2.62. The van der Waals surface area contributed by atoms with Crippen LogP contribution in [0.3, 0.4) is 0 Å². The average Bonchev–Trinajstić information content (AvgIpc) is 3.05. The van der Waals surface area contributed by atoms with Crippen LogP contribution in [0.2, 0.25) is 88.6 Å². The van der Waals surface area contributed by atoms with Crippen LogP contribution in [0, 0.1) is 0 Å². The van der Waals surface area contributed by atoms with Gasteiger partial charge in [0.05, 0.1) is 0 Å². The number of nitrogens with one attached hydrogen (secondary N) is 2. The lowest BCUT2D eigenvalue weighted by molar-refractivity contribution is 0.123. The molecule has 51 heavy (non-hydrogen) atoms. The predicted octanol–water partition coefficient (Wildman–Crippen LogP) is 8.99. The van der Waals surface area contributed by atoms with Crippen molar-refractivity contribution in [3.63, 3.8) is 0 Å². The molecule has 0 aliphatic carbocycles. The van der Waals surface area contributed by atoms with Crippen molar-refractivity contribution in [2.75, 3.05) is 73.2 Å². The van der Waals surface area contributed by atoms with Crippen molar-refractivity contribution < 1.29 is 43.9 Å². The molecule has 0 heterocycles. The van der Waals surface area contributed by atoms with Crippen molar-refractivity contribution in [1.29, 1.82) is 0 Å². The maximum absolute atomic E-state index is 13.2. The number of hydrogen-bond donors (Lipinski definition) is 2. The van der Waals surface area contributed by atoms with Crippen molar-refractivity contribution in [3.05, 3.63) is 18.2 Å². The molecule has 0 spiro atoms. The smallest absolute Gasteiger partial charge is 0.463 e. The fourth-order valence-corrected chi connectivity index (χ4v) is 28.6. The molecule has 0 unspecified atom stereocenters. The first-order valence-corrected chi connectivity index (χ1v) is 34.6. The largest absolute Gasteiger partial charge is 0.500 e. The minimum absolute atomic E-state index is 0.506. The van der Waals surface area contributed by atoms with Gasteiger partial charge < -0.3 is 50.2 Å². The minimum Gasteiger partial charge on any atom is -0.463 e. The highest BCUT2D eigenvalue weighted by molar-refractivity contribution is 6.85. The SMILES string of the molecule is CO[Si](CCC[Si](C)(C)O[Si](C)(C)CCCNc1cc(NCCC[Si](C)(C)O[Si](C)(C)CCC[Si](OC)(OC)OC)cc(OCF)c1)(OC)OC. The van der Waals surface area contributed by atoms with Crippen LogP contribution in [0.15, 0.2) is 18.2 Å². The monoisotopic (exact) mass is 828 g/mol. The quantitative estimate of drug-likeness (QED) is 0.0574. The van der Waals surface area contributed by atoms with E-state index in [1.165, 1.54) is 0 Å². The maximum atomic E-state index is 13.2. The molecule has 1 aromatic rings. The number of ether oxygens (including phenoxy) is 1. The molecule has 0 aliphatic rings. The second-order valence-electron chi connectivity index (χ2n) is 15.6. The van der Waals surface area contributed by atoms with E-state index in [2.05, 4.69) is 69.1 Å². The van der Waals surface area contributed by atoms with E-state index in [0.29, 0.717) is 5.75 Å². The number of benzene rings is 1. The van der Waals surface area contributed by atoms with Gasteiger partial charge in [-0.2, -0.15) is 0 Å². The first kappa shape index (κ1) is 48.6. The molecule has 1 rings (SSSR count). The number of hydrogen-bond acceptors (Lipinski definition) is 11. The predicted molar refractivity (Wildman–Crippen MR) is 223 cm³/mol. The van der Waals surface area contributed by atoms with Crippen LogP contribution in [0.25, 0.3) is 0 Å². The first-order valence-electron chi connectivity index (χ1n) is 18.3. The number of rotatable bonds is 30. The Morgan fingerprint density at radius 2 is 0.784 bits per heavy atom. The zero-order valence-corrected chi connectivity index (χ0v) is 40.5. The van der Waals surface area contributed by atoms with E-state index in [-0.39, 0.29) is 0 Å². The average molecular weight is 829 g/mol. The second kappa shape index (κ2) is 22.8. The first-order chi connectivity index (χ1) is 23.8. The highest BCUT2D eigenvalue weighted by Crippen LogP contribution is 2.30. The molecular weight excluding hydrogens is 756 g/mol. The van der Waals surface area contributed by atoms with Gasteiger partial charge in [-0.25, -0.2) is 4.39 Å². The van der Waals surface area contributed by atoms with E-state index in [0.717, 1.165) is 86.4 Å². The zero-order valence-electron chi connectivity index (χ0n) is 34.5. The van der Waals surface area contributed by atoms with E-state index < -0.39 is 57.7 Å². The minimum atomic E-state index is -2.56. The summed E-state index contributed by atoms with van der Waals surface area (Å²) in [6.07, 6.45) is 3.91. The topological polar surface area (TPSA) is 107 Å². The van der Waals surface area contributed by atoms with Crippen molar-refractivity contribution in [1.82, 2.24) is 0 Å². The van der Waals surface area contributed by atoms with E-state index >= 15 is 0 Å². The van der Waals surface area contributed by atoms with Gasteiger partial charge in [0.2, 0.25) is 6.86 Å². The number of halogens is 1. The van der Waals surface area contributed by atoms with Crippen LogP contribution in [0.5, 0.6) is 5.75 Å². The summed E-state index contributed by atoms with van der Waals surface area (Å²) < 4.78 is 65.7. The number of alkyl halides is 1. The summed E-state index contributed by atoms with van der Waals surface area (Å²) in [6.45, 7) is 19.2. The van der Waals surface area contributed by atoms with Gasteiger partial charge in [0.1, 0.15) is 5.75 Å². The van der Waals surface area contributed by atoms with E-state index in [1.54, 1.807) is 42.7 Å². The van der Waals surface area contributed by atoms with Crippen molar-refractivity contribution in [3.8, 4) is 5.75 Å². The Kier molecular flexibility index (Phi) is 21.7. The Hall–Kier alpha value is -0.469. The maximum Gasteiger partial charge on any atom is 0.500 e. The van der Waals surface area contributed by atoms with E-state index in [4.69, 9.17) is 39.5 Å². The third-order valence-electron chi connectivity index (χ3n) is 9.19. The van der Waals surface area contributed by atoms with E-state index in [9.17, 15) is 4.39 Å². The van der Waals surface area contributed by atoms with Crippen LogP contribution in [0.4, 0.5) is 15.8 Å². The molecule has 0 saturated heterocycles. The molecular formula is C33H73FN2O9Si6. The van der Waals surface area contributed by atoms with Gasteiger partial charge in [-0.05, 0) is 108 Å². The molecule has 0 saturated carbocycles. The molecule has 18 heteroatoms. The van der Waals surface area contributed by atoms with Crippen LogP contribution in [0.1, 0.15) is 25.7 Å². The normalized spacial score (nSPS) is 13.5. The molecule has 0 radical (unpaired) electrons. The van der Waals surface area contributed by atoms with E-state index in [1.807, 2.05) is 12.1 Å². The summed E-state index contributed by atoms with van der Waals surface area (Å²) in [7, 11) is -2.59. The van der Waals surface area contributed by atoms with Gasteiger partial charge >= 0.3 is 17.6 Å². The third-order valence-corrected chi connectivity index (χ3v) is 29.9. The zero-order chi connectivity index (χ0) is 38.8. The van der Waals surface area contributed by atoms with Crippen LogP contribution < -0.4 is 15.4 Å². The molecule has 0 amide bonds. The summed E-state index contributed by atoms with van der Waals surface area (Å²) in [5, 5.41) is 7.07. The second-order valence-corrected chi connectivity index (χ2v) is 39.5. The van der Waals surface area contributed by atoms with Gasteiger partial charge in [-0.15, -0.1) is 0 Å². The fourth-order valence-electron chi connectivity index (χ4n) is 6.72. The summed E-state index contributed by atoms with van der Waals surface area (Å²) >= 11 is 0. The Morgan fingerprint density at radius 3 is 1.08 bits per heavy atom. The molecule has 0 aliphatic heterocycles. The summed E-state index contributed by atoms with van der Waals surface area (Å²) in [4.78, 5) is 0. The standard InChI is InChI=1S/C33H73FN2O9Si6/c1-37-50(38-2,39-3)25-17-23-48(11,12)44-46(7,8)21-15-19-35-31-27-32(29-33(28-31)43-30-34)36-20-16-22-47(9,10)45-49(13,14)24-18-26-51(40-4,41-5)42-6/h27-29,35-36H,15-26,30H2,1-14H3. The van der Waals surface area contributed by atoms with Crippen molar-refractivity contribution in [2.45, 2.75) is 114 Å². The molecule has 0 fully saturated rings. The molecule has 11 nitrogen and oxygen atoms in total. The molecule has 2 N–H and O–H groups in total. The lowest BCUT2D eigenvalue weighted by atomic mass is 10.2. The number of anilines is 2. The van der Waals surface area contributed by atoms with Crippen molar-refractivity contribution in [2.24, 2.45) is 0 Å². The van der Waals surface area contributed by atoms with Crippen LogP contribution >= 0.6 is 0 Å². The highest BCUT2D eigenvalue weighted by atomic mass is 28.4. The van der Waals surface area contributed by atoms with Gasteiger partial charge in [-0.3, -0.25) is 0 Å². The summed E-state index contributed by atoms with van der Waals surface area (Å²) in [5.41, 5.74) is 1.82. The van der Waals surface area contributed by atoms with Crippen LogP contribution in [-0.2, 0) is 34.8 Å². The van der Waals surface area contributed by atoms with Gasteiger partial charge in [0, 0.05) is 91.3 Å². The van der Waals surface area contributed by atoms with Gasteiger partial charge in [0.15, 0.2) is 33.3 Å². The Labute approximate surface area is 316 Å². The molecule has 1 aromatic carbocycles. The van der Waals surface area contributed by atoms with Gasteiger partial charge in [0.25, 0.3) is 0 Å². The lowest BCUT2D eigenvalue weighted by Gasteiger charge is -2.35.